The largest absolute Gasteiger partial charge is 0.495 e. The first-order chi connectivity index (χ1) is 11.7. The fourth-order valence-corrected chi connectivity index (χ4v) is 3.81. The van der Waals surface area contributed by atoms with Crippen LogP contribution >= 0.6 is 11.8 Å². The van der Waals surface area contributed by atoms with Gasteiger partial charge in [0.1, 0.15) is 5.75 Å². The lowest BCUT2D eigenvalue weighted by Crippen LogP contribution is -2.36. The quantitative estimate of drug-likeness (QED) is 0.822. The zero-order valence-electron chi connectivity index (χ0n) is 14.5. The Hall–Kier alpha value is -1.94. The van der Waals surface area contributed by atoms with Gasteiger partial charge in [0.25, 0.3) is 5.91 Å². The normalized spacial score (nSPS) is 13.5. The molecule has 0 aromatic heterocycles. The van der Waals surface area contributed by atoms with Crippen LogP contribution in [0.3, 0.4) is 0 Å². The summed E-state index contributed by atoms with van der Waals surface area (Å²) in [6.07, 6.45) is 4.06. The van der Waals surface area contributed by atoms with Crippen LogP contribution in [0.15, 0.2) is 36.4 Å². The van der Waals surface area contributed by atoms with Crippen molar-refractivity contribution in [3.63, 3.8) is 0 Å². The Kier molecular flexibility index (Phi) is 5.14. The first kappa shape index (κ1) is 16.9. The molecular weight excluding hydrogens is 318 g/mol. The molecule has 0 radical (unpaired) electrons. The van der Waals surface area contributed by atoms with E-state index in [4.69, 9.17) is 4.74 Å². The summed E-state index contributed by atoms with van der Waals surface area (Å²) >= 11 is 1.78. The molecule has 0 spiro atoms. The van der Waals surface area contributed by atoms with Gasteiger partial charge in [-0.2, -0.15) is 11.8 Å². The molecule has 2 aromatic carbocycles. The number of fused-ring (bicyclic) bond motifs is 1. The molecule has 0 saturated carbocycles. The van der Waals surface area contributed by atoms with Gasteiger partial charge in [-0.15, -0.1) is 0 Å². The van der Waals surface area contributed by atoms with E-state index < -0.39 is 0 Å². The van der Waals surface area contributed by atoms with Gasteiger partial charge < -0.3 is 9.64 Å². The maximum absolute atomic E-state index is 13.1. The number of amides is 1. The molecule has 4 heteroatoms. The van der Waals surface area contributed by atoms with Gasteiger partial charge in [0.15, 0.2) is 0 Å². The Morgan fingerprint density at radius 3 is 2.62 bits per heavy atom. The van der Waals surface area contributed by atoms with Crippen LogP contribution in [0.1, 0.15) is 33.5 Å². The van der Waals surface area contributed by atoms with Gasteiger partial charge in [0, 0.05) is 17.9 Å². The number of rotatable bonds is 4. The summed E-state index contributed by atoms with van der Waals surface area (Å²) in [4.78, 5) is 15.0. The average Bonchev–Trinajstić information content (AvgIpc) is 2.62. The molecule has 1 amide bonds. The third-order valence-corrected chi connectivity index (χ3v) is 5.16. The standard InChI is InChI=1S/C20H23NO2S/c1-14-6-11-18(23-2)19-17(14)5-4-12-21(19)20(22)16-9-7-15(8-10-16)13-24-3/h6-11H,4-5,12-13H2,1-3H3. The first-order valence-electron chi connectivity index (χ1n) is 8.22. The van der Waals surface area contributed by atoms with Crippen LogP contribution in [-0.4, -0.2) is 25.8 Å². The van der Waals surface area contributed by atoms with E-state index in [1.165, 1.54) is 16.7 Å². The van der Waals surface area contributed by atoms with Gasteiger partial charge in [-0.05, 0) is 60.9 Å². The molecule has 0 aliphatic carbocycles. The summed E-state index contributed by atoms with van der Waals surface area (Å²) in [5, 5.41) is 0. The minimum Gasteiger partial charge on any atom is -0.495 e. The number of thioether (sulfide) groups is 1. The van der Waals surface area contributed by atoms with Crippen LogP contribution in [0.5, 0.6) is 5.75 Å². The highest BCUT2D eigenvalue weighted by Crippen LogP contribution is 2.38. The SMILES string of the molecule is COc1ccc(C)c2c1N(C(=O)c1ccc(CSC)cc1)CCC2. The molecule has 1 heterocycles. The highest BCUT2D eigenvalue weighted by molar-refractivity contribution is 7.97. The third kappa shape index (κ3) is 3.16. The van der Waals surface area contributed by atoms with Crippen molar-refractivity contribution in [3.05, 3.63) is 58.7 Å². The number of hydrogen-bond donors (Lipinski definition) is 0. The van der Waals surface area contributed by atoms with Gasteiger partial charge in [0.05, 0.1) is 12.8 Å². The highest BCUT2D eigenvalue weighted by Gasteiger charge is 2.27. The van der Waals surface area contributed by atoms with Crippen molar-refractivity contribution in [2.45, 2.75) is 25.5 Å². The van der Waals surface area contributed by atoms with E-state index in [-0.39, 0.29) is 5.91 Å². The summed E-state index contributed by atoms with van der Waals surface area (Å²) in [6.45, 7) is 2.83. The minimum absolute atomic E-state index is 0.0514. The van der Waals surface area contributed by atoms with Gasteiger partial charge in [-0.25, -0.2) is 0 Å². The van der Waals surface area contributed by atoms with E-state index in [0.29, 0.717) is 0 Å². The molecule has 0 fully saturated rings. The number of nitrogens with zero attached hydrogens (tertiary/aromatic N) is 1. The lowest BCUT2D eigenvalue weighted by Gasteiger charge is -2.32. The smallest absolute Gasteiger partial charge is 0.258 e. The van der Waals surface area contributed by atoms with Crippen LogP contribution in [0, 0.1) is 6.92 Å². The molecule has 3 nitrogen and oxygen atoms in total. The molecule has 3 rings (SSSR count). The van der Waals surface area contributed by atoms with Crippen molar-refractivity contribution in [1.82, 2.24) is 0 Å². The number of carbonyl (C=O) groups excluding carboxylic acids is 1. The third-order valence-electron chi connectivity index (χ3n) is 4.54. The molecule has 0 unspecified atom stereocenters. The zero-order chi connectivity index (χ0) is 17.1. The van der Waals surface area contributed by atoms with Gasteiger partial charge in [0.2, 0.25) is 0 Å². The number of hydrogen-bond acceptors (Lipinski definition) is 3. The molecule has 0 N–H and O–H groups in total. The van der Waals surface area contributed by atoms with E-state index in [1.54, 1.807) is 18.9 Å². The van der Waals surface area contributed by atoms with Crippen LogP contribution in [0.25, 0.3) is 0 Å². The van der Waals surface area contributed by atoms with E-state index >= 15 is 0 Å². The van der Waals surface area contributed by atoms with Crippen molar-refractivity contribution >= 4 is 23.4 Å². The Labute approximate surface area is 148 Å². The Morgan fingerprint density at radius 2 is 1.96 bits per heavy atom. The summed E-state index contributed by atoms with van der Waals surface area (Å²) in [6, 6.07) is 12.0. The Morgan fingerprint density at radius 1 is 1.21 bits per heavy atom. The van der Waals surface area contributed by atoms with Crippen LogP contribution in [0.2, 0.25) is 0 Å². The van der Waals surface area contributed by atoms with Gasteiger partial charge >= 0.3 is 0 Å². The molecular formula is C20H23NO2S. The molecule has 1 aliphatic rings. The minimum atomic E-state index is 0.0514. The Bertz CT molecular complexity index is 740. The second-order valence-electron chi connectivity index (χ2n) is 6.10. The average molecular weight is 341 g/mol. The summed E-state index contributed by atoms with van der Waals surface area (Å²) in [7, 11) is 1.67. The number of aryl methyl sites for hydroxylation is 1. The van der Waals surface area contributed by atoms with Gasteiger partial charge in [-0.3, -0.25) is 4.79 Å². The topological polar surface area (TPSA) is 29.5 Å². The molecule has 2 aromatic rings. The highest BCUT2D eigenvalue weighted by atomic mass is 32.2. The monoisotopic (exact) mass is 341 g/mol. The molecule has 0 saturated heterocycles. The van der Waals surface area contributed by atoms with Crippen LogP contribution in [-0.2, 0) is 12.2 Å². The molecule has 24 heavy (non-hydrogen) atoms. The van der Waals surface area contributed by atoms with Crippen molar-refractivity contribution in [2.24, 2.45) is 0 Å². The maximum Gasteiger partial charge on any atom is 0.258 e. The summed E-state index contributed by atoms with van der Waals surface area (Å²) < 4.78 is 5.54. The number of anilines is 1. The lowest BCUT2D eigenvalue weighted by atomic mass is 9.95. The molecule has 1 aliphatic heterocycles. The molecule has 0 bridgehead atoms. The zero-order valence-corrected chi connectivity index (χ0v) is 15.3. The van der Waals surface area contributed by atoms with Crippen LogP contribution in [0.4, 0.5) is 5.69 Å². The predicted octanol–water partition coefficient (Wildman–Crippen LogP) is 4.46. The van der Waals surface area contributed by atoms with Crippen molar-refractivity contribution in [2.75, 3.05) is 24.8 Å². The van der Waals surface area contributed by atoms with Crippen molar-refractivity contribution < 1.29 is 9.53 Å². The number of carbonyl (C=O) groups is 1. The van der Waals surface area contributed by atoms with E-state index in [2.05, 4.69) is 19.2 Å². The van der Waals surface area contributed by atoms with Gasteiger partial charge in [-0.1, -0.05) is 18.2 Å². The summed E-state index contributed by atoms with van der Waals surface area (Å²) in [5.41, 5.74) is 5.37. The molecule has 0 atom stereocenters. The first-order valence-corrected chi connectivity index (χ1v) is 9.61. The van der Waals surface area contributed by atoms with Crippen LogP contribution < -0.4 is 9.64 Å². The van der Waals surface area contributed by atoms with Crippen molar-refractivity contribution in [1.29, 1.82) is 0 Å². The second kappa shape index (κ2) is 7.31. The van der Waals surface area contributed by atoms with Crippen molar-refractivity contribution in [3.8, 4) is 5.75 Å². The fourth-order valence-electron chi connectivity index (χ4n) is 3.29. The Balaban J connectivity index is 1.96. The molecule has 126 valence electrons. The van der Waals surface area contributed by atoms with E-state index in [9.17, 15) is 4.79 Å². The number of methoxy groups -OCH3 is 1. The fraction of sp³-hybridized carbons (Fsp3) is 0.350. The van der Waals surface area contributed by atoms with E-state index in [1.807, 2.05) is 35.2 Å². The van der Waals surface area contributed by atoms with E-state index in [0.717, 1.165) is 42.1 Å². The predicted molar refractivity (Wildman–Crippen MR) is 101 cm³/mol. The number of ether oxygens (including phenoxy) is 1. The maximum atomic E-state index is 13.1. The summed E-state index contributed by atoms with van der Waals surface area (Å²) in [5.74, 6) is 1.80. The lowest BCUT2D eigenvalue weighted by molar-refractivity contribution is 0.0984. The number of benzene rings is 2. The second-order valence-corrected chi connectivity index (χ2v) is 6.97.